The lowest BCUT2D eigenvalue weighted by Crippen LogP contribution is -2.33. The largest absolute Gasteiger partial charge is 0.322 e. The predicted octanol–water partition coefficient (Wildman–Crippen LogP) is 5.61. The smallest absolute Gasteiger partial charge is 0.224 e. The molecule has 1 aromatic heterocycles. The van der Waals surface area contributed by atoms with Gasteiger partial charge in [-0.2, -0.15) is 0 Å². The summed E-state index contributed by atoms with van der Waals surface area (Å²) in [6.45, 7) is 0.847. The summed E-state index contributed by atoms with van der Waals surface area (Å²) in [6, 6.07) is 16.7. The summed E-state index contributed by atoms with van der Waals surface area (Å²) in [7, 11) is 0. The lowest BCUT2D eigenvalue weighted by Gasteiger charge is -2.27. The molecule has 0 bridgehead atoms. The molecule has 2 aliphatic rings. The molecule has 1 aliphatic carbocycles. The van der Waals surface area contributed by atoms with Gasteiger partial charge in [0.2, 0.25) is 5.91 Å². The summed E-state index contributed by atoms with van der Waals surface area (Å²) in [5.41, 5.74) is 4.44. The molecule has 5 rings (SSSR count). The normalized spacial score (nSPS) is 20.0. The molecule has 2 fully saturated rings. The van der Waals surface area contributed by atoms with Crippen molar-refractivity contribution in [3.05, 3.63) is 61.3 Å². The van der Waals surface area contributed by atoms with E-state index in [9.17, 15) is 4.79 Å². The van der Waals surface area contributed by atoms with Crippen LogP contribution in [0.2, 0.25) is 0 Å². The van der Waals surface area contributed by atoms with Crippen LogP contribution in [0.3, 0.4) is 0 Å². The summed E-state index contributed by atoms with van der Waals surface area (Å²) >= 11 is 0. The molecule has 1 saturated heterocycles. The first-order valence-electron chi connectivity index (χ1n) is 10.9. The van der Waals surface area contributed by atoms with Crippen LogP contribution in [-0.2, 0) is 4.79 Å². The molecule has 1 aliphatic heterocycles. The summed E-state index contributed by atoms with van der Waals surface area (Å²) in [5.74, 6) is 0.906. The molecule has 4 nitrogen and oxygen atoms in total. The van der Waals surface area contributed by atoms with Gasteiger partial charge in [-0.25, -0.2) is 4.98 Å². The van der Waals surface area contributed by atoms with E-state index in [1.54, 1.807) is 0 Å². The van der Waals surface area contributed by atoms with Crippen LogP contribution in [0.5, 0.6) is 0 Å². The number of rotatable bonds is 5. The van der Waals surface area contributed by atoms with Crippen LogP contribution >= 0.6 is 0 Å². The lowest BCUT2D eigenvalue weighted by atomic mass is 10.0. The molecule has 1 radical (unpaired) electrons. The number of fused-ring (bicyclic) bond motifs is 1. The Morgan fingerprint density at radius 3 is 2.66 bits per heavy atom. The summed E-state index contributed by atoms with van der Waals surface area (Å²) in [6.07, 6.45) is 12.0. The standard InChI is InChI=1S/C25H28N3O/c29-24(16-15-19-8-4-5-9-19)27-17-7-14-23(27)28-18-26-25-21(12-6-13-22(25)28)20-10-2-1-3-11-20/h1-3,6,10-13,15,18-19,23H,4-5,7-9,14,16-17H2/t23-/m1/s1. The van der Waals surface area contributed by atoms with Gasteiger partial charge in [-0.1, -0.05) is 68.1 Å². The maximum absolute atomic E-state index is 13.0. The van der Waals surface area contributed by atoms with E-state index in [4.69, 9.17) is 4.98 Å². The van der Waals surface area contributed by atoms with E-state index >= 15 is 0 Å². The second kappa shape index (κ2) is 8.02. The van der Waals surface area contributed by atoms with Crippen LogP contribution in [0, 0.1) is 12.3 Å². The number of benzene rings is 2. The first-order chi connectivity index (χ1) is 14.3. The number of carbonyl (C=O) groups is 1. The van der Waals surface area contributed by atoms with Crippen LogP contribution in [0.25, 0.3) is 22.2 Å². The summed E-state index contributed by atoms with van der Waals surface area (Å²) < 4.78 is 2.21. The molecule has 2 aromatic carbocycles. The second-order valence-electron chi connectivity index (χ2n) is 8.39. The molecular formula is C25H28N3O. The molecule has 1 atom stereocenters. The monoisotopic (exact) mass is 386 g/mol. The fourth-order valence-corrected chi connectivity index (χ4v) is 5.05. The minimum Gasteiger partial charge on any atom is -0.322 e. The maximum Gasteiger partial charge on any atom is 0.224 e. The average Bonchev–Trinajstić information content (AvgIpc) is 3.52. The summed E-state index contributed by atoms with van der Waals surface area (Å²) in [4.78, 5) is 19.8. The topological polar surface area (TPSA) is 38.1 Å². The fourth-order valence-electron chi connectivity index (χ4n) is 5.05. The molecule has 0 spiro atoms. The maximum atomic E-state index is 13.0. The minimum atomic E-state index is 0.0792. The van der Waals surface area contributed by atoms with Gasteiger partial charge in [-0.15, -0.1) is 0 Å². The Morgan fingerprint density at radius 2 is 1.83 bits per heavy atom. The van der Waals surface area contributed by atoms with Crippen LogP contribution in [0.4, 0.5) is 0 Å². The molecule has 0 unspecified atom stereocenters. The van der Waals surface area contributed by atoms with Crippen molar-refractivity contribution in [1.29, 1.82) is 0 Å². The van der Waals surface area contributed by atoms with E-state index in [0.29, 0.717) is 12.3 Å². The van der Waals surface area contributed by atoms with Gasteiger partial charge in [0.25, 0.3) is 0 Å². The highest BCUT2D eigenvalue weighted by Gasteiger charge is 2.31. The van der Waals surface area contributed by atoms with Crippen LogP contribution in [-0.4, -0.2) is 26.9 Å². The van der Waals surface area contributed by atoms with Crippen molar-refractivity contribution in [1.82, 2.24) is 14.5 Å². The predicted molar refractivity (Wildman–Crippen MR) is 116 cm³/mol. The zero-order valence-electron chi connectivity index (χ0n) is 16.8. The van der Waals surface area contributed by atoms with E-state index in [1.165, 1.54) is 31.2 Å². The van der Waals surface area contributed by atoms with Crippen molar-refractivity contribution >= 4 is 16.9 Å². The third-order valence-electron chi connectivity index (χ3n) is 6.58. The number of aromatic nitrogens is 2. The SMILES string of the molecule is O=C(C[CH]C1CCCC1)N1CCC[C@H]1n1cnc2c(-c3ccccc3)cccc21. The highest BCUT2D eigenvalue weighted by molar-refractivity contribution is 5.92. The van der Waals surface area contributed by atoms with E-state index in [2.05, 4.69) is 58.4 Å². The van der Waals surface area contributed by atoms with Gasteiger partial charge in [-0.3, -0.25) is 4.79 Å². The van der Waals surface area contributed by atoms with E-state index in [1.807, 2.05) is 12.4 Å². The van der Waals surface area contributed by atoms with Gasteiger partial charge in [-0.05, 0) is 36.8 Å². The first-order valence-corrected chi connectivity index (χ1v) is 10.9. The highest BCUT2D eigenvalue weighted by atomic mass is 16.2. The Balaban J connectivity index is 1.40. The molecule has 0 N–H and O–H groups in total. The lowest BCUT2D eigenvalue weighted by molar-refractivity contribution is -0.132. The number of nitrogens with zero attached hydrogens (tertiary/aromatic N) is 3. The zero-order valence-corrected chi connectivity index (χ0v) is 16.8. The number of hydrogen-bond donors (Lipinski definition) is 0. The average molecular weight is 387 g/mol. The minimum absolute atomic E-state index is 0.0792. The Morgan fingerprint density at radius 1 is 1.00 bits per heavy atom. The van der Waals surface area contributed by atoms with Gasteiger partial charge in [0.15, 0.2) is 0 Å². The molecular weight excluding hydrogens is 358 g/mol. The number of para-hydroxylation sites is 1. The number of likely N-dealkylation sites (tertiary alicyclic amines) is 1. The van der Waals surface area contributed by atoms with Crippen molar-refractivity contribution in [3.8, 4) is 11.1 Å². The summed E-state index contributed by atoms with van der Waals surface area (Å²) in [5, 5.41) is 0. The molecule has 3 aromatic rings. The van der Waals surface area contributed by atoms with Crippen molar-refractivity contribution in [2.24, 2.45) is 5.92 Å². The fraction of sp³-hybridized carbons (Fsp3) is 0.400. The Bertz CT molecular complexity index is 988. The zero-order chi connectivity index (χ0) is 19.6. The van der Waals surface area contributed by atoms with Crippen molar-refractivity contribution < 1.29 is 4.79 Å². The number of carbonyl (C=O) groups excluding carboxylic acids is 1. The molecule has 4 heteroatoms. The molecule has 1 saturated carbocycles. The number of amides is 1. The van der Waals surface area contributed by atoms with Crippen molar-refractivity contribution in [2.75, 3.05) is 6.54 Å². The number of hydrogen-bond acceptors (Lipinski definition) is 2. The Hall–Kier alpha value is -2.62. The molecule has 149 valence electrons. The number of imidazole rings is 1. The van der Waals surface area contributed by atoms with E-state index in [0.717, 1.165) is 36.0 Å². The van der Waals surface area contributed by atoms with E-state index in [-0.39, 0.29) is 12.1 Å². The van der Waals surface area contributed by atoms with Gasteiger partial charge in [0, 0.05) is 18.5 Å². The van der Waals surface area contributed by atoms with Crippen molar-refractivity contribution in [3.63, 3.8) is 0 Å². The Kier molecular flexibility index (Phi) is 5.09. The second-order valence-corrected chi connectivity index (χ2v) is 8.39. The third-order valence-corrected chi connectivity index (χ3v) is 6.58. The van der Waals surface area contributed by atoms with Crippen molar-refractivity contribution in [2.45, 2.75) is 51.1 Å². The Labute approximate surface area is 172 Å². The van der Waals surface area contributed by atoms with Crippen LogP contribution < -0.4 is 0 Å². The first kappa shape index (κ1) is 18.4. The van der Waals surface area contributed by atoms with Gasteiger partial charge < -0.3 is 9.47 Å². The van der Waals surface area contributed by atoms with Gasteiger partial charge >= 0.3 is 0 Å². The van der Waals surface area contributed by atoms with Crippen LogP contribution in [0.15, 0.2) is 54.9 Å². The van der Waals surface area contributed by atoms with Crippen LogP contribution in [0.1, 0.15) is 51.1 Å². The highest BCUT2D eigenvalue weighted by Crippen LogP contribution is 2.35. The molecule has 1 amide bonds. The van der Waals surface area contributed by atoms with Gasteiger partial charge in [0.1, 0.15) is 6.17 Å². The third kappa shape index (κ3) is 3.57. The quantitative estimate of drug-likeness (QED) is 0.572. The van der Waals surface area contributed by atoms with E-state index < -0.39 is 0 Å². The van der Waals surface area contributed by atoms with Gasteiger partial charge in [0.05, 0.1) is 17.4 Å². The molecule has 2 heterocycles. The molecule has 29 heavy (non-hydrogen) atoms.